The molecule has 25 heavy (non-hydrogen) atoms. The van der Waals surface area contributed by atoms with Gasteiger partial charge in [-0.15, -0.1) is 10.2 Å². The summed E-state index contributed by atoms with van der Waals surface area (Å²) < 4.78 is 11.1. The van der Waals surface area contributed by atoms with Gasteiger partial charge in [-0.05, 0) is 38.0 Å². The number of nitrogens with two attached hydrogens (primary N) is 1. The summed E-state index contributed by atoms with van der Waals surface area (Å²) in [6.07, 6.45) is 0. The quantitative estimate of drug-likeness (QED) is 0.456. The summed E-state index contributed by atoms with van der Waals surface area (Å²) in [5, 5.41) is 16.9. The van der Waals surface area contributed by atoms with Gasteiger partial charge in [0.05, 0.1) is 5.75 Å². The van der Waals surface area contributed by atoms with Crippen LogP contribution in [0.15, 0.2) is 39.1 Å². The molecule has 130 valence electrons. The summed E-state index contributed by atoms with van der Waals surface area (Å²) in [4.78, 5) is 11.9. The lowest BCUT2D eigenvalue weighted by atomic mass is 10.1. The number of aryl methyl sites for hydroxylation is 2. The van der Waals surface area contributed by atoms with Crippen LogP contribution in [-0.4, -0.2) is 21.7 Å². The maximum Gasteiger partial charge on any atom is 0.277 e. The molecule has 0 radical (unpaired) electrons. The monoisotopic (exact) mass is 358 g/mol. The molecule has 2 aromatic rings. The second kappa shape index (κ2) is 8.35. The minimum absolute atomic E-state index is 0.00306. The first-order valence-corrected chi connectivity index (χ1v) is 8.44. The number of benzene rings is 1. The Morgan fingerprint density at radius 3 is 2.84 bits per heavy atom. The molecule has 0 saturated heterocycles. The van der Waals surface area contributed by atoms with Crippen LogP contribution >= 0.6 is 11.8 Å². The lowest BCUT2D eigenvalue weighted by Gasteiger charge is -2.07. The standard InChI is InChI=1S/C17H18N4O3S/c1-10-4-5-11(2)15(6-10)23-8-16-20-21-17(24-16)25-9-14(22)13(7-18)12(3)19/h4-6H,8-9,19H2,1-3H3/b13-12-. The number of allylic oxidation sites excluding steroid dienone is 2. The first-order valence-electron chi connectivity index (χ1n) is 7.45. The van der Waals surface area contributed by atoms with E-state index in [1.165, 1.54) is 6.92 Å². The fourth-order valence-electron chi connectivity index (χ4n) is 1.93. The normalized spacial score (nSPS) is 11.6. The molecule has 8 heteroatoms. The van der Waals surface area contributed by atoms with Gasteiger partial charge in [-0.2, -0.15) is 5.26 Å². The lowest BCUT2D eigenvalue weighted by Crippen LogP contribution is -2.10. The summed E-state index contributed by atoms with van der Waals surface area (Å²) in [6.45, 7) is 5.58. The number of ketones is 1. The predicted molar refractivity (Wildman–Crippen MR) is 92.8 cm³/mol. The molecule has 2 rings (SSSR count). The highest BCUT2D eigenvalue weighted by molar-refractivity contribution is 7.99. The molecule has 0 spiro atoms. The van der Waals surface area contributed by atoms with Crippen molar-refractivity contribution in [2.24, 2.45) is 5.73 Å². The van der Waals surface area contributed by atoms with Crippen LogP contribution in [0.1, 0.15) is 23.9 Å². The van der Waals surface area contributed by atoms with Gasteiger partial charge in [0.15, 0.2) is 12.4 Å². The van der Waals surface area contributed by atoms with Gasteiger partial charge in [0.25, 0.3) is 11.1 Å². The zero-order valence-corrected chi connectivity index (χ0v) is 15.0. The number of hydrogen-bond acceptors (Lipinski definition) is 8. The van der Waals surface area contributed by atoms with Crippen molar-refractivity contribution < 1.29 is 13.9 Å². The third kappa shape index (κ3) is 5.09. The molecule has 7 nitrogen and oxygen atoms in total. The molecule has 1 aromatic carbocycles. The van der Waals surface area contributed by atoms with Gasteiger partial charge < -0.3 is 14.9 Å². The molecule has 1 heterocycles. The molecule has 0 aliphatic heterocycles. The zero-order chi connectivity index (χ0) is 18.4. The number of thioether (sulfide) groups is 1. The number of nitrogens with zero attached hydrogens (tertiary/aromatic N) is 3. The van der Waals surface area contributed by atoms with Crippen LogP contribution in [-0.2, 0) is 11.4 Å². The number of aromatic nitrogens is 2. The van der Waals surface area contributed by atoms with Crippen LogP contribution in [0.3, 0.4) is 0 Å². The predicted octanol–water partition coefficient (Wildman–Crippen LogP) is 2.68. The van der Waals surface area contributed by atoms with Crippen LogP contribution in [0.4, 0.5) is 0 Å². The first kappa shape index (κ1) is 18.5. The van der Waals surface area contributed by atoms with E-state index in [9.17, 15) is 4.79 Å². The molecule has 0 unspecified atom stereocenters. The largest absolute Gasteiger partial charge is 0.484 e. The van der Waals surface area contributed by atoms with E-state index < -0.39 is 0 Å². The number of ether oxygens (including phenoxy) is 1. The average Bonchev–Trinajstić information content (AvgIpc) is 3.02. The molecular formula is C17H18N4O3S. The Morgan fingerprint density at radius 2 is 2.16 bits per heavy atom. The number of carbonyl (C=O) groups is 1. The minimum Gasteiger partial charge on any atom is -0.484 e. The van der Waals surface area contributed by atoms with Crippen molar-refractivity contribution in [3.8, 4) is 11.8 Å². The van der Waals surface area contributed by atoms with Crippen LogP contribution in [0.2, 0.25) is 0 Å². The summed E-state index contributed by atoms with van der Waals surface area (Å²) in [5.41, 5.74) is 7.75. The Bertz CT molecular complexity index is 848. The third-order valence-electron chi connectivity index (χ3n) is 3.25. The Kier molecular flexibility index (Phi) is 6.19. The van der Waals surface area contributed by atoms with E-state index in [0.29, 0.717) is 5.89 Å². The number of rotatable bonds is 7. The molecule has 1 aromatic heterocycles. The number of hydrogen-bond donors (Lipinski definition) is 1. The molecule has 0 bridgehead atoms. The molecule has 2 N–H and O–H groups in total. The summed E-state index contributed by atoms with van der Waals surface area (Å²) >= 11 is 1.05. The van der Waals surface area contributed by atoms with E-state index in [1.54, 1.807) is 6.07 Å². The van der Waals surface area contributed by atoms with Gasteiger partial charge in [-0.3, -0.25) is 4.79 Å². The fourth-order valence-corrected chi connectivity index (χ4v) is 2.58. The summed E-state index contributed by atoms with van der Waals surface area (Å²) in [6, 6.07) is 7.72. The van der Waals surface area contributed by atoms with E-state index in [4.69, 9.17) is 20.1 Å². The van der Waals surface area contributed by atoms with Gasteiger partial charge >= 0.3 is 0 Å². The van der Waals surface area contributed by atoms with Crippen LogP contribution < -0.4 is 10.5 Å². The van der Waals surface area contributed by atoms with Crippen molar-refractivity contribution in [3.05, 3.63) is 46.5 Å². The van der Waals surface area contributed by atoms with Crippen molar-refractivity contribution in [3.63, 3.8) is 0 Å². The Hall–Kier alpha value is -2.79. The number of Topliss-reactive ketones (excluding diaryl/α,β-unsaturated/α-hetero) is 1. The Balaban J connectivity index is 1.92. The maximum atomic E-state index is 11.9. The topological polar surface area (TPSA) is 115 Å². The Labute approximate surface area is 149 Å². The van der Waals surface area contributed by atoms with E-state index >= 15 is 0 Å². The van der Waals surface area contributed by atoms with Crippen molar-refractivity contribution >= 4 is 17.5 Å². The van der Waals surface area contributed by atoms with Crippen molar-refractivity contribution in [2.75, 3.05) is 5.75 Å². The van der Waals surface area contributed by atoms with E-state index in [0.717, 1.165) is 28.6 Å². The van der Waals surface area contributed by atoms with Crippen molar-refractivity contribution in [2.45, 2.75) is 32.6 Å². The lowest BCUT2D eigenvalue weighted by molar-refractivity contribution is -0.112. The van der Waals surface area contributed by atoms with Crippen LogP contribution in [0.25, 0.3) is 0 Å². The SMILES string of the molecule is C/C(N)=C(\C#N)C(=O)CSc1nnc(COc2cc(C)ccc2C)o1. The van der Waals surface area contributed by atoms with Crippen LogP contribution in [0.5, 0.6) is 5.75 Å². The van der Waals surface area contributed by atoms with Crippen LogP contribution in [0, 0.1) is 25.2 Å². The molecule has 0 amide bonds. The van der Waals surface area contributed by atoms with Gasteiger partial charge in [0.2, 0.25) is 0 Å². The van der Waals surface area contributed by atoms with Crippen molar-refractivity contribution in [1.29, 1.82) is 5.26 Å². The maximum absolute atomic E-state index is 11.9. The van der Waals surface area contributed by atoms with Gasteiger partial charge in [0, 0.05) is 5.70 Å². The van der Waals surface area contributed by atoms with E-state index in [2.05, 4.69) is 10.2 Å². The highest BCUT2D eigenvalue weighted by Crippen LogP contribution is 2.22. The zero-order valence-electron chi connectivity index (χ0n) is 14.2. The number of nitriles is 1. The molecule has 0 atom stereocenters. The van der Waals surface area contributed by atoms with Crippen molar-refractivity contribution in [1.82, 2.24) is 10.2 Å². The molecule has 0 aliphatic carbocycles. The van der Waals surface area contributed by atoms with E-state index in [1.807, 2.05) is 32.0 Å². The summed E-state index contributed by atoms with van der Waals surface area (Å²) in [5.74, 6) is 0.683. The Morgan fingerprint density at radius 1 is 1.40 bits per heavy atom. The van der Waals surface area contributed by atoms with Gasteiger partial charge in [-0.1, -0.05) is 23.9 Å². The number of carbonyl (C=O) groups excluding carboxylic acids is 1. The average molecular weight is 358 g/mol. The minimum atomic E-state index is -0.376. The highest BCUT2D eigenvalue weighted by Gasteiger charge is 2.15. The fraction of sp³-hybridized carbons (Fsp3) is 0.294. The molecule has 0 saturated carbocycles. The second-order valence-electron chi connectivity index (χ2n) is 5.40. The highest BCUT2D eigenvalue weighted by atomic mass is 32.2. The third-order valence-corrected chi connectivity index (χ3v) is 4.07. The first-order chi connectivity index (χ1) is 11.9. The molecule has 0 fully saturated rings. The smallest absolute Gasteiger partial charge is 0.277 e. The van der Waals surface area contributed by atoms with Gasteiger partial charge in [-0.25, -0.2) is 0 Å². The van der Waals surface area contributed by atoms with E-state index in [-0.39, 0.29) is 34.6 Å². The van der Waals surface area contributed by atoms with Gasteiger partial charge in [0.1, 0.15) is 17.4 Å². The molecular weight excluding hydrogens is 340 g/mol. The molecule has 0 aliphatic rings. The second-order valence-corrected chi connectivity index (χ2v) is 6.33. The summed E-state index contributed by atoms with van der Waals surface area (Å²) in [7, 11) is 0.